The van der Waals surface area contributed by atoms with Gasteiger partial charge in [-0.3, -0.25) is 0 Å². The lowest BCUT2D eigenvalue weighted by Crippen LogP contribution is -2.29. The van der Waals surface area contributed by atoms with Crippen molar-refractivity contribution in [2.45, 2.75) is 51.9 Å². The van der Waals surface area contributed by atoms with Gasteiger partial charge in [-0.05, 0) is 68.8 Å². The van der Waals surface area contributed by atoms with E-state index in [4.69, 9.17) is 14.7 Å². The standard InChI is InChI=1S/C29H40N4O/c1-22-11-17-25(18-12-22)34-20-19-30-21-24-15-13-23(14-16-24)7-6-10-28-31-27-9-5-4-8-26(27)29(32-28)33(2)3/h4-5,8-9,11-12,17-18,23-24,30H,6-7,10,13-16,19-21H2,1-3H3. The van der Waals surface area contributed by atoms with Crippen molar-refractivity contribution < 1.29 is 4.74 Å². The predicted molar refractivity (Wildman–Crippen MR) is 142 cm³/mol. The van der Waals surface area contributed by atoms with Crippen molar-refractivity contribution in [2.75, 3.05) is 38.7 Å². The third-order valence-electron chi connectivity index (χ3n) is 7.03. The Morgan fingerprint density at radius 2 is 1.68 bits per heavy atom. The number of hydrogen-bond acceptors (Lipinski definition) is 5. The van der Waals surface area contributed by atoms with Gasteiger partial charge >= 0.3 is 0 Å². The van der Waals surface area contributed by atoms with Crippen molar-refractivity contribution in [2.24, 2.45) is 11.8 Å². The highest BCUT2D eigenvalue weighted by Crippen LogP contribution is 2.31. The van der Waals surface area contributed by atoms with E-state index >= 15 is 0 Å². The number of fused-ring (bicyclic) bond motifs is 1. The van der Waals surface area contributed by atoms with E-state index in [9.17, 15) is 0 Å². The van der Waals surface area contributed by atoms with Gasteiger partial charge in [0.25, 0.3) is 0 Å². The predicted octanol–water partition coefficient (Wildman–Crippen LogP) is 5.80. The maximum atomic E-state index is 5.82. The minimum atomic E-state index is 0.727. The normalized spacial score (nSPS) is 18.2. The van der Waals surface area contributed by atoms with Crippen LogP contribution in [0.2, 0.25) is 0 Å². The fourth-order valence-corrected chi connectivity index (χ4v) is 5.01. The van der Waals surface area contributed by atoms with E-state index in [1.165, 1.54) is 44.1 Å². The molecule has 0 atom stereocenters. The topological polar surface area (TPSA) is 50.3 Å². The van der Waals surface area contributed by atoms with Crippen LogP contribution in [-0.4, -0.2) is 43.8 Å². The van der Waals surface area contributed by atoms with E-state index in [1.54, 1.807) is 0 Å². The molecule has 1 heterocycles. The van der Waals surface area contributed by atoms with Crippen LogP contribution in [0, 0.1) is 18.8 Å². The van der Waals surface area contributed by atoms with E-state index in [-0.39, 0.29) is 0 Å². The number of hydrogen-bond donors (Lipinski definition) is 1. The Kier molecular flexibility index (Phi) is 8.75. The lowest BCUT2D eigenvalue weighted by Gasteiger charge is -2.28. The lowest BCUT2D eigenvalue weighted by atomic mass is 9.80. The molecule has 0 radical (unpaired) electrons. The van der Waals surface area contributed by atoms with Crippen LogP contribution in [0.5, 0.6) is 5.75 Å². The molecule has 2 aromatic carbocycles. The molecule has 1 aliphatic carbocycles. The summed E-state index contributed by atoms with van der Waals surface area (Å²) >= 11 is 0. The lowest BCUT2D eigenvalue weighted by molar-refractivity contribution is 0.247. The number of benzene rings is 2. The molecule has 1 N–H and O–H groups in total. The van der Waals surface area contributed by atoms with Gasteiger partial charge in [0.05, 0.1) is 5.52 Å². The maximum Gasteiger partial charge on any atom is 0.139 e. The molecule has 34 heavy (non-hydrogen) atoms. The van der Waals surface area contributed by atoms with Crippen molar-refractivity contribution in [3.05, 3.63) is 59.9 Å². The van der Waals surface area contributed by atoms with Crippen molar-refractivity contribution in [1.82, 2.24) is 15.3 Å². The van der Waals surface area contributed by atoms with Gasteiger partial charge < -0.3 is 15.0 Å². The summed E-state index contributed by atoms with van der Waals surface area (Å²) in [5.41, 5.74) is 2.31. The monoisotopic (exact) mass is 460 g/mol. The number of nitrogens with zero attached hydrogens (tertiary/aromatic N) is 3. The Labute approximate surface area is 205 Å². The Morgan fingerprint density at radius 3 is 2.44 bits per heavy atom. The molecule has 1 aromatic heterocycles. The zero-order valence-electron chi connectivity index (χ0n) is 21.1. The maximum absolute atomic E-state index is 5.82. The molecule has 182 valence electrons. The summed E-state index contributed by atoms with van der Waals surface area (Å²) in [6, 6.07) is 16.6. The highest BCUT2D eigenvalue weighted by atomic mass is 16.5. The second kappa shape index (κ2) is 12.2. The number of ether oxygens (including phenoxy) is 1. The summed E-state index contributed by atoms with van der Waals surface area (Å²) in [5.74, 6) is 4.63. The summed E-state index contributed by atoms with van der Waals surface area (Å²) in [5, 5.41) is 4.73. The molecular formula is C29H40N4O. The van der Waals surface area contributed by atoms with E-state index in [0.29, 0.717) is 0 Å². The average molecular weight is 461 g/mol. The Hall–Kier alpha value is -2.66. The first-order chi connectivity index (χ1) is 16.6. The van der Waals surface area contributed by atoms with E-state index in [2.05, 4.69) is 67.6 Å². The van der Waals surface area contributed by atoms with Crippen molar-refractivity contribution >= 4 is 16.7 Å². The largest absolute Gasteiger partial charge is 0.492 e. The molecule has 0 amide bonds. The number of aryl methyl sites for hydroxylation is 2. The zero-order chi connectivity index (χ0) is 23.8. The van der Waals surface area contributed by atoms with Crippen molar-refractivity contribution in [3.63, 3.8) is 0 Å². The highest BCUT2D eigenvalue weighted by Gasteiger charge is 2.21. The first kappa shape index (κ1) is 24.5. The molecule has 0 spiro atoms. The van der Waals surface area contributed by atoms with Gasteiger partial charge in [0.1, 0.15) is 24.0 Å². The van der Waals surface area contributed by atoms with Crippen LogP contribution in [-0.2, 0) is 6.42 Å². The zero-order valence-corrected chi connectivity index (χ0v) is 21.1. The highest BCUT2D eigenvalue weighted by molar-refractivity contribution is 5.89. The number of nitrogens with one attached hydrogen (secondary N) is 1. The first-order valence-electron chi connectivity index (χ1n) is 12.9. The molecule has 0 bridgehead atoms. The van der Waals surface area contributed by atoms with Gasteiger partial charge in [0.2, 0.25) is 0 Å². The van der Waals surface area contributed by atoms with Gasteiger partial charge in [-0.1, -0.05) is 49.1 Å². The van der Waals surface area contributed by atoms with Gasteiger partial charge in [0.15, 0.2) is 0 Å². The molecule has 1 aliphatic rings. The molecule has 3 aromatic rings. The Bertz CT molecular complexity index is 1030. The SMILES string of the molecule is Cc1ccc(OCCNCC2CCC(CCCc3nc(N(C)C)c4ccccc4n3)CC2)cc1. The molecule has 1 fully saturated rings. The Morgan fingerprint density at radius 1 is 0.941 bits per heavy atom. The number of rotatable bonds is 11. The van der Waals surface area contributed by atoms with Crippen LogP contribution in [0.4, 0.5) is 5.82 Å². The summed E-state index contributed by atoms with van der Waals surface area (Å²) in [6.45, 7) is 4.85. The van der Waals surface area contributed by atoms with Crippen LogP contribution in [0.3, 0.4) is 0 Å². The van der Waals surface area contributed by atoms with Gasteiger partial charge in [0, 0.05) is 32.4 Å². The summed E-state index contributed by atoms with van der Waals surface area (Å²) < 4.78 is 5.82. The van der Waals surface area contributed by atoms with Crippen LogP contribution < -0.4 is 15.0 Å². The summed E-state index contributed by atoms with van der Waals surface area (Å²) in [4.78, 5) is 11.8. The van der Waals surface area contributed by atoms with Gasteiger partial charge in [-0.25, -0.2) is 9.97 Å². The molecule has 5 heteroatoms. The fourth-order valence-electron chi connectivity index (χ4n) is 5.01. The molecular weight excluding hydrogens is 420 g/mol. The van der Waals surface area contributed by atoms with Crippen LogP contribution in [0.1, 0.15) is 49.9 Å². The number of aromatic nitrogens is 2. The number of para-hydroxylation sites is 1. The molecule has 0 unspecified atom stereocenters. The summed E-state index contributed by atoms with van der Waals surface area (Å²) in [6.07, 6.45) is 8.82. The van der Waals surface area contributed by atoms with E-state index in [0.717, 1.165) is 66.2 Å². The quantitative estimate of drug-likeness (QED) is 0.366. The van der Waals surface area contributed by atoms with E-state index in [1.807, 2.05) is 12.1 Å². The van der Waals surface area contributed by atoms with E-state index < -0.39 is 0 Å². The van der Waals surface area contributed by atoms with Crippen LogP contribution in [0.25, 0.3) is 10.9 Å². The third kappa shape index (κ3) is 6.92. The number of anilines is 1. The summed E-state index contributed by atoms with van der Waals surface area (Å²) in [7, 11) is 4.12. The molecule has 0 saturated heterocycles. The molecule has 5 nitrogen and oxygen atoms in total. The Balaban J connectivity index is 1.12. The van der Waals surface area contributed by atoms with Crippen molar-refractivity contribution in [3.8, 4) is 5.75 Å². The molecule has 4 rings (SSSR count). The minimum Gasteiger partial charge on any atom is -0.492 e. The smallest absolute Gasteiger partial charge is 0.139 e. The van der Waals surface area contributed by atoms with Gasteiger partial charge in [-0.15, -0.1) is 0 Å². The third-order valence-corrected chi connectivity index (χ3v) is 7.03. The minimum absolute atomic E-state index is 0.727. The van der Waals surface area contributed by atoms with Crippen LogP contribution >= 0.6 is 0 Å². The van der Waals surface area contributed by atoms with Crippen molar-refractivity contribution in [1.29, 1.82) is 0 Å². The van der Waals surface area contributed by atoms with Gasteiger partial charge in [-0.2, -0.15) is 0 Å². The average Bonchev–Trinajstić information content (AvgIpc) is 2.85. The first-order valence-corrected chi connectivity index (χ1v) is 12.9. The fraction of sp³-hybridized carbons (Fsp3) is 0.517. The second-order valence-electron chi connectivity index (χ2n) is 10.0. The second-order valence-corrected chi connectivity index (χ2v) is 10.0. The molecule has 1 saturated carbocycles. The van der Waals surface area contributed by atoms with Crippen LogP contribution in [0.15, 0.2) is 48.5 Å². The molecule has 0 aliphatic heterocycles.